The first-order valence-electron chi connectivity index (χ1n) is 8.20. The predicted molar refractivity (Wildman–Crippen MR) is 102 cm³/mol. The number of rotatable bonds is 7. The highest BCUT2D eigenvalue weighted by molar-refractivity contribution is 6.04. The Labute approximate surface area is 156 Å². The van der Waals surface area contributed by atoms with Crippen LogP contribution in [0.1, 0.15) is 11.1 Å². The Morgan fingerprint density at radius 1 is 0.926 bits per heavy atom. The number of allylic oxidation sites excluding steroid dienone is 2. The fraction of sp³-hybridized carbons (Fsp3) is 0.190. The van der Waals surface area contributed by atoms with Crippen LogP contribution >= 0.6 is 0 Å². The number of ketones is 1. The molecule has 2 rings (SSSR count). The Hall–Kier alpha value is -3.02. The molecule has 2 aromatic rings. The lowest BCUT2D eigenvalue weighted by Gasteiger charge is -2.11. The van der Waals surface area contributed by atoms with Crippen LogP contribution in [0.3, 0.4) is 0 Å². The summed E-state index contributed by atoms with van der Waals surface area (Å²) in [5, 5.41) is 0. The SMILES string of the molecule is CN(C)c1ccc(C=CC(=O)C=Cc2ccc(OCC(F)(F)F)cc2)cc1. The molecule has 0 saturated carbocycles. The maximum absolute atomic E-state index is 12.1. The van der Waals surface area contributed by atoms with Gasteiger partial charge in [-0.3, -0.25) is 4.79 Å². The summed E-state index contributed by atoms with van der Waals surface area (Å²) in [4.78, 5) is 13.9. The van der Waals surface area contributed by atoms with Gasteiger partial charge in [-0.05, 0) is 47.5 Å². The highest BCUT2D eigenvalue weighted by Gasteiger charge is 2.28. The molecule has 0 unspecified atom stereocenters. The van der Waals surface area contributed by atoms with Gasteiger partial charge in [0.1, 0.15) is 5.75 Å². The smallest absolute Gasteiger partial charge is 0.422 e. The number of carbonyl (C=O) groups excluding carboxylic acids is 1. The van der Waals surface area contributed by atoms with Crippen molar-refractivity contribution in [3.8, 4) is 5.75 Å². The minimum Gasteiger partial charge on any atom is -0.484 e. The van der Waals surface area contributed by atoms with Gasteiger partial charge < -0.3 is 9.64 Å². The predicted octanol–water partition coefficient (Wildman–Crippen LogP) is 4.99. The Balaban J connectivity index is 1.90. The van der Waals surface area contributed by atoms with Gasteiger partial charge in [0.15, 0.2) is 12.4 Å². The first-order valence-corrected chi connectivity index (χ1v) is 8.20. The van der Waals surface area contributed by atoms with Crippen LogP contribution in [0.4, 0.5) is 18.9 Å². The monoisotopic (exact) mass is 375 g/mol. The van der Waals surface area contributed by atoms with Crippen molar-refractivity contribution in [2.45, 2.75) is 6.18 Å². The number of nitrogens with zero attached hydrogens (tertiary/aromatic N) is 1. The van der Waals surface area contributed by atoms with Crippen molar-refractivity contribution < 1.29 is 22.7 Å². The molecule has 27 heavy (non-hydrogen) atoms. The molecule has 0 saturated heterocycles. The maximum atomic E-state index is 12.1. The summed E-state index contributed by atoms with van der Waals surface area (Å²) in [6, 6.07) is 13.8. The van der Waals surface area contributed by atoms with E-state index in [1.807, 2.05) is 43.3 Å². The molecule has 142 valence electrons. The van der Waals surface area contributed by atoms with Crippen molar-refractivity contribution in [2.75, 3.05) is 25.6 Å². The summed E-state index contributed by atoms with van der Waals surface area (Å²) in [6.45, 7) is -1.33. The van der Waals surface area contributed by atoms with Gasteiger partial charge in [-0.25, -0.2) is 0 Å². The Kier molecular flexibility index (Phi) is 6.82. The van der Waals surface area contributed by atoms with E-state index < -0.39 is 12.8 Å². The summed E-state index contributed by atoms with van der Waals surface area (Å²) in [7, 11) is 3.91. The first-order chi connectivity index (χ1) is 12.7. The van der Waals surface area contributed by atoms with E-state index >= 15 is 0 Å². The molecular formula is C21H20F3NO2. The van der Waals surface area contributed by atoms with E-state index in [2.05, 4.69) is 4.74 Å². The van der Waals surface area contributed by atoms with Gasteiger partial charge >= 0.3 is 6.18 Å². The van der Waals surface area contributed by atoms with Crippen molar-refractivity contribution >= 4 is 23.6 Å². The average Bonchev–Trinajstić information content (AvgIpc) is 2.63. The van der Waals surface area contributed by atoms with Crippen LogP contribution in [0.2, 0.25) is 0 Å². The van der Waals surface area contributed by atoms with E-state index in [4.69, 9.17) is 0 Å². The fourth-order valence-corrected chi connectivity index (χ4v) is 2.14. The van der Waals surface area contributed by atoms with Gasteiger partial charge in [0.05, 0.1) is 0 Å². The molecule has 2 aromatic carbocycles. The number of carbonyl (C=O) groups is 1. The molecule has 0 aliphatic heterocycles. The molecular weight excluding hydrogens is 355 g/mol. The second kappa shape index (κ2) is 9.07. The zero-order valence-electron chi connectivity index (χ0n) is 15.0. The maximum Gasteiger partial charge on any atom is 0.422 e. The zero-order valence-corrected chi connectivity index (χ0v) is 15.0. The van der Waals surface area contributed by atoms with Gasteiger partial charge in [0, 0.05) is 19.8 Å². The van der Waals surface area contributed by atoms with Crippen LogP contribution < -0.4 is 9.64 Å². The number of ether oxygens (including phenoxy) is 1. The third-order valence-electron chi connectivity index (χ3n) is 3.57. The van der Waals surface area contributed by atoms with E-state index in [9.17, 15) is 18.0 Å². The van der Waals surface area contributed by atoms with Crippen LogP contribution in [-0.4, -0.2) is 32.7 Å². The van der Waals surface area contributed by atoms with Gasteiger partial charge in [-0.15, -0.1) is 0 Å². The third-order valence-corrected chi connectivity index (χ3v) is 3.57. The van der Waals surface area contributed by atoms with Crippen LogP contribution in [0.25, 0.3) is 12.2 Å². The first kappa shape index (κ1) is 20.3. The van der Waals surface area contributed by atoms with Crippen molar-refractivity contribution in [1.82, 2.24) is 0 Å². The number of hydrogen-bond acceptors (Lipinski definition) is 3. The highest BCUT2D eigenvalue weighted by Crippen LogP contribution is 2.19. The largest absolute Gasteiger partial charge is 0.484 e. The summed E-state index contributed by atoms with van der Waals surface area (Å²) >= 11 is 0. The van der Waals surface area contributed by atoms with E-state index in [0.29, 0.717) is 5.56 Å². The average molecular weight is 375 g/mol. The standard InChI is InChI=1S/C21H20F3NO2/c1-25(2)18-9-3-16(4-10-18)5-11-19(26)12-6-17-7-13-20(14-8-17)27-15-21(22,23)24/h3-14H,15H2,1-2H3. The molecule has 0 heterocycles. The van der Waals surface area contributed by atoms with Crippen LogP contribution in [0, 0.1) is 0 Å². The van der Waals surface area contributed by atoms with Gasteiger partial charge in [0.2, 0.25) is 0 Å². The summed E-state index contributed by atoms with van der Waals surface area (Å²) < 4.78 is 40.9. The number of benzene rings is 2. The van der Waals surface area contributed by atoms with Crippen LogP contribution in [-0.2, 0) is 4.79 Å². The summed E-state index contributed by atoms with van der Waals surface area (Å²) in [6.07, 6.45) is 1.80. The van der Waals surface area contributed by atoms with Gasteiger partial charge in [-0.1, -0.05) is 36.4 Å². The van der Waals surface area contributed by atoms with Crippen LogP contribution in [0.15, 0.2) is 60.7 Å². The minimum absolute atomic E-state index is 0.122. The Morgan fingerprint density at radius 2 is 1.41 bits per heavy atom. The molecule has 0 fully saturated rings. The zero-order chi connectivity index (χ0) is 19.9. The lowest BCUT2D eigenvalue weighted by molar-refractivity contribution is -0.153. The Bertz CT molecular complexity index is 805. The lowest BCUT2D eigenvalue weighted by atomic mass is 10.1. The molecule has 0 bridgehead atoms. The van der Waals surface area contributed by atoms with Gasteiger partial charge in [-0.2, -0.15) is 13.2 Å². The molecule has 0 aliphatic carbocycles. The van der Waals surface area contributed by atoms with Crippen molar-refractivity contribution in [3.63, 3.8) is 0 Å². The summed E-state index contributed by atoms with van der Waals surface area (Å²) in [5.74, 6) is -0.0686. The number of anilines is 1. The number of halogens is 3. The lowest BCUT2D eigenvalue weighted by Crippen LogP contribution is -2.19. The highest BCUT2D eigenvalue weighted by atomic mass is 19.4. The van der Waals surface area contributed by atoms with E-state index in [-0.39, 0.29) is 11.5 Å². The van der Waals surface area contributed by atoms with E-state index in [1.54, 1.807) is 24.3 Å². The van der Waals surface area contributed by atoms with Gasteiger partial charge in [0.25, 0.3) is 0 Å². The second-order valence-corrected chi connectivity index (χ2v) is 6.03. The molecule has 0 amide bonds. The molecule has 6 heteroatoms. The molecule has 0 aliphatic rings. The molecule has 3 nitrogen and oxygen atoms in total. The topological polar surface area (TPSA) is 29.5 Å². The normalized spacial score (nSPS) is 11.9. The number of alkyl halides is 3. The van der Waals surface area contributed by atoms with Crippen molar-refractivity contribution in [1.29, 1.82) is 0 Å². The van der Waals surface area contributed by atoms with Crippen molar-refractivity contribution in [2.24, 2.45) is 0 Å². The molecule has 0 aromatic heterocycles. The van der Waals surface area contributed by atoms with E-state index in [0.717, 1.165) is 11.3 Å². The second-order valence-electron chi connectivity index (χ2n) is 6.03. The molecule has 0 N–H and O–H groups in total. The molecule has 0 radical (unpaired) electrons. The fourth-order valence-electron chi connectivity index (χ4n) is 2.14. The third kappa shape index (κ3) is 7.40. The molecule has 0 atom stereocenters. The molecule has 0 spiro atoms. The van der Waals surface area contributed by atoms with Crippen LogP contribution in [0.5, 0.6) is 5.75 Å². The van der Waals surface area contributed by atoms with E-state index in [1.165, 1.54) is 24.3 Å². The Morgan fingerprint density at radius 3 is 1.85 bits per heavy atom. The summed E-state index contributed by atoms with van der Waals surface area (Å²) in [5.41, 5.74) is 2.67. The minimum atomic E-state index is -4.37. The van der Waals surface area contributed by atoms with Crippen molar-refractivity contribution in [3.05, 3.63) is 71.8 Å². The number of hydrogen-bond donors (Lipinski definition) is 0. The quantitative estimate of drug-likeness (QED) is 0.639.